The molecule has 0 unspecified atom stereocenters. The van der Waals surface area contributed by atoms with Crippen molar-refractivity contribution in [2.45, 2.75) is 12.3 Å². The molecular weight excluding hydrogens is 286 g/mol. The molecule has 0 saturated heterocycles. The van der Waals surface area contributed by atoms with E-state index in [0.717, 1.165) is 5.75 Å². The molecule has 1 amide bonds. The number of nitrogens with zero attached hydrogens (tertiary/aromatic N) is 2. The lowest BCUT2D eigenvalue weighted by molar-refractivity contribution is -0.118. The van der Waals surface area contributed by atoms with Gasteiger partial charge in [0.1, 0.15) is 0 Å². The Morgan fingerprint density at radius 1 is 1.19 bits per heavy atom. The Morgan fingerprint density at radius 3 is 2.76 bits per heavy atom. The first-order valence-corrected chi connectivity index (χ1v) is 7.82. The highest BCUT2D eigenvalue weighted by Gasteiger charge is 2.02. The maximum absolute atomic E-state index is 11.7. The molecule has 2 rings (SSSR count). The Bertz CT molecular complexity index is 628. The molecule has 1 N–H and O–H groups in total. The van der Waals surface area contributed by atoms with Crippen LogP contribution in [0, 0.1) is 0 Å². The number of carbonyl (C=O) groups excluding carboxylic acids is 1. The molecule has 0 aliphatic carbocycles. The van der Waals surface area contributed by atoms with Crippen molar-refractivity contribution in [1.29, 1.82) is 0 Å². The molecule has 0 bridgehead atoms. The Kier molecular flexibility index (Phi) is 6.02. The summed E-state index contributed by atoms with van der Waals surface area (Å²) >= 11 is 1.57. The first-order chi connectivity index (χ1) is 10.3. The van der Waals surface area contributed by atoms with E-state index in [2.05, 4.69) is 10.4 Å². The average molecular weight is 303 g/mol. The zero-order valence-electron chi connectivity index (χ0n) is 11.6. The summed E-state index contributed by atoms with van der Waals surface area (Å²) in [7, 11) is 0. The fourth-order valence-corrected chi connectivity index (χ4v) is 2.56. The van der Waals surface area contributed by atoms with Crippen molar-refractivity contribution in [3.05, 3.63) is 64.6 Å². The van der Waals surface area contributed by atoms with Gasteiger partial charge >= 0.3 is 0 Å². The second-order valence-corrected chi connectivity index (χ2v) is 5.40. The van der Waals surface area contributed by atoms with Gasteiger partial charge in [-0.3, -0.25) is 9.59 Å². The molecule has 0 saturated carbocycles. The normalized spacial score (nSPS) is 10.3. The number of nitrogens with one attached hydrogen (secondary N) is 1. The monoisotopic (exact) mass is 303 g/mol. The van der Waals surface area contributed by atoms with Crippen LogP contribution in [0.3, 0.4) is 0 Å². The predicted octanol–water partition coefficient (Wildman–Crippen LogP) is 1.29. The van der Waals surface area contributed by atoms with Crippen LogP contribution in [0.25, 0.3) is 0 Å². The molecule has 6 heteroatoms. The highest BCUT2D eigenvalue weighted by atomic mass is 32.2. The fraction of sp³-hybridized carbons (Fsp3) is 0.267. The van der Waals surface area contributed by atoms with Crippen LogP contribution in [-0.2, 0) is 17.1 Å². The van der Waals surface area contributed by atoms with Crippen molar-refractivity contribution >= 4 is 17.7 Å². The van der Waals surface area contributed by atoms with Gasteiger partial charge in [0.15, 0.2) is 0 Å². The minimum atomic E-state index is -0.162. The molecule has 5 nitrogen and oxygen atoms in total. The summed E-state index contributed by atoms with van der Waals surface area (Å²) in [6.45, 7) is 0.788. The maximum Gasteiger partial charge on any atom is 0.266 e. The minimum absolute atomic E-state index is 0.0279. The van der Waals surface area contributed by atoms with Crippen LogP contribution in [0.15, 0.2) is 53.5 Å². The molecule has 2 aromatic rings. The number of rotatable bonds is 7. The zero-order valence-corrected chi connectivity index (χ0v) is 12.4. The summed E-state index contributed by atoms with van der Waals surface area (Å²) in [6.07, 6.45) is 1.55. The van der Waals surface area contributed by atoms with E-state index in [-0.39, 0.29) is 11.5 Å². The van der Waals surface area contributed by atoms with Gasteiger partial charge in [0.25, 0.3) is 5.56 Å². The molecule has 0 aliphatic rings. The van der Waals surface area contributed by atoms with Crippen LogP contribution in [0.2, 0.25) is 0 Å². The van der Waals surface area contributed by atoms with E-state index >= 15 is 0 Å². The lowest BCUT2D eigenvalue weighted by Gasteiger charge is -2.06. The molecule has 0 aliphatic heterocycles. The van der Waals surface area contributed by atoms with Crippen LogP contribution >= 0.6 is 11.8 Å². The predicted molar refractivity (Wildman–Crippen MR) is 84.1 cm³/mol. The second kappa shape index (κ2) is 8.26. The van der Waals surface area contributed by atoms with Gasteiger partial charge in [0.05, 0.1) is 12.3 Å². The zero-order chi connectivity index (χ0) is 14.9. The van der Waals surface area contributed by atoms with E-state index in [1.165, 1.54) is 16.3 Å². The Hall–Kier alpha value is -2.08. The first kappa shape index (κ1) is 15.3. The molecule has 21 heavy (non-hydrogen) atoms. The van der Waals surface area contributed by atoms with E-state index in [1.807, 2.05) is 30.3 Å². The molecule has 110 valence electrons. The van der Waals surface area contributed by atoms with Gasteiger partial charge in [0.2, 0.25) is 5.91 Å². The summed E-state index contributed by atoms with van der Waals surface area (Å²) < 4.78 is 1.33. The lowest BCUT2D eigenvalue weighted by atomic mass is 10.2. The van der Waals surface area contributed by atoms with Crippen LogP contribution in [0.5, 0.6) is 0 Å². The third kappa shape index (κ3) is 5.43. The lowest BCUT2D eigenvalue weighted by Crippen LogP contribution is -2.32. The van der Waals surface area contributed by atoms with Gasteiger partial charge in [-0.25, -0.2) is 4.68 Å². The number of carbonyl (C=O) groups is 1. The molecule has 1 heterocycles. The molecule has 0 atom stereocenters. The number of amides is 1. The summed E-state index contributed by atoms with van der Waals surface area (Å²) in [6, 6.07) is 13.1. The quantitative estimate of drug-likeness (QED) is 0.837. The summed E-state index contributed by atoms with van der Waals surface area (Å²) in [5.41, 5.74) is 1.04. The van der Waals surface area contributed by atoms with Crippen molar-refractivity contribution in [1.82, 2.24) is 15.1 Å². The maximum atomic E-state index is 11.7. The van der Waals surface area contributed by atoms with Crippen molar-refractivity contribution in [3.63, 3.8) is 0 Å². The number of benzene rings is 1. The topological polar surface area (TPSA) is 64.0 Å². The Morgan fingerprint density at radius 2 is 2.00 bits per heavy atom. The highest BCUT2D eigenvalue weighted by Crippen LogP contribution is 2.10. The Balaban J connectivity index is 1.64. The molecule has 1 aromatic heterocycles. The largest absolute Gasteiger partial charge is 0.354 e. The van der Waals surface area contributed by atoms with Crippen LogP contribution < -0.4 is 10.9 Å². The summed E-state index contributed by atoms with van der Waals surface area (Å²) in [4.78, 5) is 23.1. The summed E-state index contributed by atoms with van der Waals surface area (Å²) in [5.74, 6) is 1.19. The third-order valence-corrected chi connectivity index (χ3v) is 3.78. The fourth-order valence-electron chi connectivity index (χ4n) is 1.74. The van der Waals surface area contributed by atoms with E-state index in [0.29, 0.717) is 18.8 Å². The van der Waals surface area contributed by atoms with Gasteiger partial charge in [-0.05, 0) is 11.6 Å². The first-order valence-electron chi connectivity index (χ1n) is 6.66. The van der Waals surface area contributed by atoms with Gasteiger partial charge < -0.3 is 5.32 Å². The van der Waals surface area contributed by atoms with Gasteiger partial charge in [0, 0.05) is 24.6 Å². The van der Waals surface area contributed by atoms with E-state index in [1.54, 1.807) is 24.0 Å². The van der Waals surface area contributed by atoms with Crippen molar-refractivity contribution in [3.8, 4) is 0 Å². The molecule has 0 spiro atoms. The van der Waals surface area contributed by atoms with Crippen molar-refractivity contribution in [2.75, 3.05) is 12.3 Å². The van der Waals surface area contributed by atoms with Crippen molar-refractivity contribution < 1.29 is 4.79 Å². The van der Waals surface area contributed by atoms with Crippen LogP contribution in [0.1, 0.15) is 5.56 Å². The van der Waals surface area contributed by atoms with Crippen LogP contribution in [0.4, 0.5) is 0 Å². The minimum Gasteiger partial charge on any atom is -0.354 e. The summed E-state index contributed by atoms with van der Waals surface area (Å²) in [5, 5.41) is 6.71. The molecular formula is C15H17N3O2S. The van der Waals surface area contributed by atoms with E-state index < -0.39 is 0 Å². The van der Waals surface area contributed by atoms with Crippen LogP contribution in [-0.4, -0.2) is 28.0 Å². The molecule has 1 aromatic carbocycles. The third-order valence-electron chi connectivity index (χ3n) is 2.78. The SMILES string of the molecule is O=C(CSCc1ccccc1)NCCn1ncccc1=O. The average Bonchev–Trinajstić information content (AvgIpc) is 2.50. The number of hydrogen-bond acceptors (Lipinski definition) is 4. The molecule has 0 radical (unpaired) electrons. The number of thioether (sulfide) groups is 1. The smallest absolute Gasteiger partial charge is 0.266 e. The van der Waals surface area contributed by atoms with Gasteiger partial charge in [-0.15, -0.1) is 11.8 Å². The van der Waals surface area contributed by atoms with Gasteiger partial charge in [-0.1, -0.05) is 30.3 Å². The van der Waals surface area contributed by atoms with E-state index in [9.17, 15) is 9.59 Å². The highest BCUT2D eigenvalue weighted by molar-refractivity contribution is 7.99. The second-order valence-electron chi connectivity index (χ2n) is 4.41. The standard InChI is InChI=1S/C15H17N3O2S/c19-14(12-21-11-13-5-2-1-3-6-13)16-9-10-18-15(20)7-4-8-17-18/h1-8H,9-12H2,(H,16,19). The molecule has 0 fully saturated rings. The Labute approximate surface area is 127 Å². The number of aromatic nitrogens is 2. The van der Waals surface area contributed by atoms with E-state index in [4.69, 9.17) is 0 Å². The van der Waals surface area contributed by atoms with Crippen molar-refractivity contribution in [2.24, 2.45) is 0 Å². The van der Waals surface area contributed by atoms with Gasteiger partial charge in [-0.2, -0.15) is 5.10 Å². The number of hydrogen-bond donors (Lipinski definition) is 1.